The summed E-state index contributed by atoms with van der Waals surface area (Å²) in [6.07, 6.45) is 2.62. The van der Waals surface area contributed by atoms with Crippen LogP contribution in [0.25, 0.3) is 11.4 Å². The van der Waals surface area contributed by atoms with E-state index < -0.39 is 17.5 Å². The van der Waals surface area contributed by atoms with Gasteiger partial charge in [0.1, 0.15) is 0 Å². The van der Waals surface area contributed by atoms with Gasteiger partial charge in [-0.2, -0.15) is 4.98 Å². The normalized spacial score (nSPS) is 18.1. The first-order chi connectivity index (χ1) is 15.9. The lowest BCUT2D eigenvalue weighted by atomic mass is 9.77. The van der Waals surface area contributed by atoms with E-state index in [1.165, 1.54) is 17.8 Å². The quantitative estimate of drug-likeness (QED) is 0.574. The highest BCUT2D eigenvalue weighted by molar-refractivity contribution is 5.66. The second kappa shape index (κ2) is 8.49. The zero-order valence-corrected chi connectivity index (χ0v) is 20.0. The predicted octanol–water partition coefficient (Wildman–Crippen LogP) is 3.89. The molecule has 3 aromatic rings. The number of rotatable bonds is 5. The lowest BCUT2D eigenvalue weighted by molar-refractivity contribution is -0.00778. The summed E-state index contributed by atoms with van der Waals surface area (Å²) in [7, 11) is 3.61. The van der Waals surface area contributed by atoms with E-state index in [1.807, 2.05) is 0 Å². The average Bonchev–Trinajstić information content (AvgIpc) is 3.16. The highest BCUT2D eigenvalue weighted by atomic mass is 19.2. The molecular formula is C22H28F3N9. The molecular weight excluding hydrogens is 447 g/mol. The molecule has 0 amide bonds. The van der Waals surface area contributed by atoms with Crippen LogP contribution in [0.4, 0.5) is 30.6 Å². The maximum atomic E-state index is 14.6. The van der Waals surface area contributed by atoms with Gasteiger partial charge < -0.3 is 10.6 Å². The van der Waals surface area contributed by atoms with Gasteiger partial charge in [-0.15, -0.1) is 5.10 Å². The number of halogens is 3. The minimum atomic E-state index is -1.10. The Kier molecular flexibility index (Phi) is 5.96. The Hall–Kier alpha value is -3.28. The van der Waals surface area contributed by atoms with E-state index in [9.17, 15) is 13.2 Å². The molecule has 1 fully saturated rings. The molecule has 0 saturated carbocycles. The second-order valence-corrected chi connectivity index (χ2v) is 9.89. The summed E-state index contributed by atoms with van der Waals surface area (Å²) in [5.74, 6) is -2.66. The molecule has 1 aliphatic heterocycles. The van der Waals surface area contributed by atoms with E-state index in [0.717, 1.165) is 25.1 Å². The first-order valence-corrected chi connectivity index (χ1v) is 10.9. The van der Waals surface area contributed by atoms with Crippen LogP contribution in [-0.4, -0.2) is 59.2 Å². The van der Waals surface area contributed by atoms with Crippen molar-refractivity contribution in [2.45, 2.75) is 57.7 Å². The number of hydrogen-bond acceptors (Lipinski definition) is 8. The van der Waals surface area contributed by atoms with Crippen LogP contribution in [-0.2, 0) is 7.05 Å². The van der Waals surface area contributed by atoms with Gasteiger partial charge in [0.05, 0.1) is 11.8 Å². The molecule has 0 aliphatic carbocycles. The molecule has 3 heterocycles. The predicted molar refractivity (Wildman–Crippen MR) is 122 cm³/mol. The molecule has 1 aromatic carbocycles. The molecule has 0 radical (unpaired) electrons. The molecule has 1 saturated heterocycles. The van der Waals surface area contributed by atoms with E-state index in [4.69, 9.17) is 0 Å². The summed E-state index contributed by atoms with van der Waals surface area (Å²) in [5, 5.41) is 16.9. The molecule has 0 spiro atoms. The van der Waals surface area contributed by atoms with E-state index in [0.29, 0.717) is 0 Å². The van der Waals surface area contributed by atoms with Gasteiger partial charge in [0.25, 0.3) is 0 Å². The summed E-state index contributed by atoms with van der Waals surface area (Å²) in [6, 6.07) is 2.29. The summed E-state index contributed by atoms with van der Waals surface area (Å²) in [5.41, 5.74) is -0.163. The van der Waals surface area contributed by atoms with Gasteiger partial charge in [-0.1, -0.05) is 0 Å². The van der Waals surface area contributed by atoms with Gasteiger partial charge in [-0.05, 0) is 64.1 Å². The molecule has 2 aromatic heterocycles. The van der Waals surface area contributed by atoms with Crippen LogP contribution in [0.5, 0.6) is 0 Å². The zero-order chi connectivity index (χ0) is 24.8. The van der Waals surface area contributed by atoms with Crippen LogP contribution in [0.15, 0.2) is 18.3 Å². The van der Waals surface area contributed by atoms with Crippen molar-refractivity contribution in [3.63, 3.8) is 0 Å². The molecule has 182 valence electrons. The summed E-state index contributed by atoms with van der Waals surface area (Å²) in [4.78, 5) is 10.5. The Bertz CT molecular complexity index is 1190. The number of nitrogens with zero attached hydrogens (tertiary/aromatic N) is 7. The molecule has 12 heteroatoms. The lowest BCUT2D eigenvalue weighted by Crippen LogP contribution is -2.61. The van der Waals surface area contributed by atoms with Gasteiger partial charge in [-0.3, -0.25) is 4.90 Å². The highest BCUT2D eigenvalue weighted by Crippen LogP contribution is 2.38. The number of tetrazole rings is 1. The summed E-state index contributed by atoms with van der Waals surface area (Å²) in [6.45, 7) is 8.61. The molecule has 9 nitrogen and oxygen atoms in total. The number of anilines is 3. The molecule has 0 unspecified atom stereocenters. The third kappa shape index (κ3) is 4.54. The van der Waals surface area contributed by atoms with Crippen molar-refractivity contribution in [2.75, 3.05) is 17.7 Å². The number of aromatic nitrogens is 6. The van der Waals surface area contributed by atoms with Crippen molar-refractivity contribution in [3.8, 4) is 11.4 Å². The molecule has 34 heavy (non-hydrogen) atoms. The van der Waals surface area contributed by atoms with Gasteiger partial charge >= 0.3 is 0 Å². The largest absolute Gasteiger partial charge is 0.365 e. The first kappa shape index (κ1) is 23.9. The van der Waals surface area contributed by atoms with Crippen LogP contribution in [0.3, 0.4) is 0 Å². The maximum absolute atomic E-state index is 14.6. The van der Waals surface area contributed by atoms with Crippen LogP contribution in [0.1, 0.15) is 40.5 Å². The van der Waals surface area contributed by atoms with Crippen LogP contribution in [0.2, 0.25) is 0 Å². The molecule has 0 atom stereocenters. The van der Waals surface area contributed by atoms with Crippen molar-refractivity contribution in [3.05, 3.63) is 35.8 Å². The molecule has 1 aliphatic rings. The fourth-order valence-corrected chi connectivity index (χ4v) is 4.61. The van der Waals surface area contributed by atoms with Crippen molar-refractivity contribution in [1.29, 1.82) is 0 Å². The van der Waals surface area contributed by atoms with Gasteiger partial charge in [0.2, 0.25) is 5.95 Å². The smallest absolute Gasteiger partial charge is 0.229 e. The van der Waals surface area contributed by atoms with E-state index >= 15 is 0 Å². The van der Waals surface area contributed by atoms with Crippen LogP contribution < -0.4 is 10.6 Å². The number of likely N-dealkylation sites (tertiary alicyclic amines) is 1. The van der Waals surface area contributed by atoms with Crippen molar-refractivity contribution < 1.29 is 13.2 Å². The van der Waals surface area contributed by atoms with Crippen LogP contribution in [0, 0.1) is 17.5 Å². The minimum Gasteiger partial charge on any atom is -0.365 e. The number of nitrogens with one attached hydrogen (secondary N) is 2. The maximum Gasteiger partial charge on any atom is 0.229 e. The van der Waals surface area contributed by atoms with Crippen LogP contribution >= 0.6 is 0 Å². The van der Waals surface area contributed by atoms with Crippen molar-refractivity contribution in [1.82, 2.24) is 35.1 Å². The Morgan fingerprint density at radius 3 is 2.29 bits per heavy atom. The fraction of sp³-hybridized carbons (Fsp3) is 0.500. The molecule has 0 bridgehead atoms. The first-order valence-electron chi connectivity index (χ1n) is 10.9. The number of aryl methyl sites for hydroxylation is 1. The van der Waals surface area contributed by atoms with Gasteiger partial charge in [0.15, 0.2) is 29.1 Å². The van der Waals surface area contributed by atoms with E-state index in [2.05, 4.69) is 75.8 Å². The second-order valence-electron chi connectivity index (χ2n) is 9.89. The zero-order valence-electron chi connectivity index (χ0n) is 20.0. The van der Waals surface area contributed by atoms with Gasteiger partial charge in [0, 0.05) is 35.9 Å². The Morgan fingerprint density at radius 1 is 1.00 bits per heavy atom. The number of piperidine rings is 1. The Labute approximate surface area is 195 Å². The monoisotopic (exact) mass is 475 g/mol. The standard InChI is InChI=1S/C22H28F3N9/c1-21(2)9-13(10-22(3,4)34(21)6)27-18-16(24)11-26-20(29-18)28-12-7-14(17(25)15(23)8-12)19-30-31-32-33(19)5/h7-8,11,13H,9-10H2,1-6H3,(H2,26,27,28,29). The lowest BCUT2D eigenvalue weighted by Gasteiger charge is -2.53. The molecule has 4 rings (SSSR count). The Balaban J connectivity index is 1.59. The highest BCUT2D eigenvalue weighted by Gasteiger charge is 2.43. The average molecular weight is 476 g/mol. The molecule has 2 N–H and O–H groups in total. The topological polar surface area (TPSA) is 96.7 Å². The SMILES string of the molecule is CN1C(C)(C)CC(Nc2nc(Nc3cc(F)c(F)c(-c4nnnn4C)c3)ncc2F)CC1(C)C. The van der Waals surface area contributed by atoms with E-state index in [-0.39, 0.29) is 46.0 Å². The van der Waals surface area contributed by atoms with Crippen molar-refractivity contribution in [2.24, 2.45) is 7.05 Å². The minimum absolute atomic E-state index is 0.0169. The van der Waals surface area contributed by atoms with Gasteiger partial charge in [-0.25, -0.2) is 22.8 Å². The third-order valence-corrected chi connectivity index (χ3v) is 6.54. The fourth-order valence-electron chi connectivity index (χ4n) is 4.61. The van der Waals surface area contributed by atoms with E-state index in [1.54, 1.807) is 0 Å². The van der Waals surface area contributed by atoms with Crippen molar-refractivity contribution >= 4 is 17.5 Å². The Morgan fingerprint density at radius 2 is 1.68 bits per heavy atom. The number of hydrogen-bond donors (Lipinski definition) is 2. The third-order valence-electron chi connectivity index (χ3n) is 6.54. The summed E-state index contributed by atoms with van der Waals surface area (Å²) < 4.78 is 44.5. The summed E-state index contributed by atoms with van der Waals surface area (Å²) >= 11 is 0. The number of benzene rings is 1.